The molecule has 106 valence electrons. The van der Waals surface area contributed by atoms with E-state index in [1.54, 1.807) is 6.20 Å². The van der Waals surface area contributed by atoms with Gasteiger partial charge in [-0.05, 0) is 17.5 Å². The van der Waals surface area contributed by atoms with Gasteiger partial charge in [0.15, 0.2) is 0 Å². The van der Waals surface area contributed by atoms with Gasteiger partial charge in [0.2, 0.25) is 0 Å². The average molecular weight is 268 g/mol. The van der Waals surface area contributed by atoms with Gasteiger partial charge < -0.3 is 10.9 Å². The van der Waals surface area contributed by atoms with Gasteiger partial charge in [0.1, 0.15) is 11.7 Å². The number of amidine groups is 1. The quantitative estimate of drug-likeness (QED) is 0.342. The molecule has 0 unspecified atom stereocenters. The molecule has 0 fully saturated rings. The predicted molar refractivity (Wildman–Crippen MR) is 72.3 cm³/mol. The monoisotopic (exact) mass is 268 g/mol. The lowest BCUT2D eigenvalue weighted by atomic mass is 10.1. The Hall–Kier alpha value is -1.69. The predicted octanol–water partition coefficient (Wildman–Crippen LogP) is 1.82. The molecule has 0 aliphatic carbocycles. The lowest BCUT2D eigenvalue weighted by molar-refractivity contribution is 0.240. The van der Waals surface area contributed by atoms with Gasteiger partial charge in [0, 0.05) is 32.3 Å². The Bertz CT molecular complexity index is 423. The molecular weight excluding hydrogens is 247 g/mol. The molecule has 1 aromatic rings. The first-order chi connectivity index (χ1) is 9.01. The summed E-state index contributed by atoms with van der Waals surface area (Å²) in [6.07, 6.45) is 3.32. The largest absolute Gasteiger partial charge is 0.409 e. The number of nitrogens with two attached hydrogens (primary N) is 1. The fourth-order valence-electron chi connectivity index (χ4n) is 1.87. The first kappa shape index (κ1) is 15.4. The van der Waals surface area contributed by atoms with Crippen molar-refractivity contribution in [1.29, 1.82) is 0 Å². The van der Waals surface area contributed by atoms with Gasteiger partial charge in [-0.25, -0.2) is 4.39 Å². The van der Waals surface area contributed by atoms with Crippen molar-refractivity contribution in [3.8, 4) is 0 Å². The highest BCUT2D eigenvalue weighted by atomic mass is 19.1. The summed E-state index contributed by atoms with van der Waals surface area (Å²) in [6.45, 7) is 6.34. The number of oxime groups is 1. The van der Waals surface area contributed by atoms with Crippen molar-refractivity contribution >= 4 is 5.84 Å². The molecule has 0 bridgehead atoms. The van der Waals surface area contributed by atoms with Gasteiger partial charge in [-0.15, -0.1) is 0 Å². The van der Waals surface area contributed by atoms with Gasteiger partial charge in [0.25, 0.3) is 0 Å². The van der Waals surface area contributed by atoms with Crippen LogP contribution in [0.15, 0.2) is 23.6 Å². The minimum Gasteiger partial charge on any atom is -0.409 e. The molecule has 0 saturated carbocycles. The maximum atomic E-state index is 13.1. The van der Waals surface area contributed by atoms with E-state index in [1.165, 1.54) is 12.3 Å². The number of hydrogen-bond acceptors (Lipinski definition) is 4. The molecular formula is C13H21FN4O. The van der Waals surface area contributed by atoms with Gasteiger partial charge >= 0.3 is 0 Å². The minimum absolute atomic E-state index is 0.200. The standard InChI is InChI=1S/C13H21FN4O/c1-10(2)8-18(4-3-13(15)17-19)9-11-5-12(14)7-16-6-11/h5-7,10,19H,3-4,8-9H2,1-2H3,(H2,15,17). The van der Waals surface area contributed by atoms with E-state index in [-0.39, 0.29) is 11.7 Å². The summed E-state index contributed by atoms with van der Waals surface area (Å²) in [4.78, 5) is 5.98. The third-order valence-corrected chi connectivity index (χ3v) is 2.60. The van der Waals surface area contributed by atoms with E-state index in [0.29, 0.717) is 25.4 Å². The second kappa shape index (κ2) is 7.68. The molecule has 5 nitrogen and oxygen atoms in total. The van der Waals surface area contributed by atoms with Crippen LogP contribution in [0.2, 0.25) is 0 Å². The van der Waals surface area contributed by atoms with Crippen molar-refractivity contribution in [1.82, 2.24) is 9.88 Å². The molecule has 1 rings (SSSR count). The maximum absolute atomic E-state index is 13.1. The van der Waals surface area contributed by atoms with Gasteiger partial charge in [-0.2, -0.15) is 0 Å². The van der Waals surface area contributed by atoms with Crippen LogP contribution >= 0.6 is 0 Å². The molecule has 6 heteroatoms. The van der Waals surface area contributed by atoms with Crippen molar-refractivity contribution in [3.63, 3.8) is 0 Å². The van der Waals surface area contributed by atoms with Crippen LogP contribution in [0, 0.1) is 11.7 Å². The molecule has 0 radical (unpaired) electrons. The number of hydrogen-bond donors (Lipinski definition) is 2. The van der Waals surface area contributed by atoms with E-state index in [0.717, 1.165) is 12.1 Å². The Kier molecular flexibility index (Phi) is 6.21. The maximum Gasteiger partial charge on any atom is 0.141 e. The highest BCUT2D eigenvalue weighted by molar-refractivity contribution is 5.79. The summed E-state index contributed by atoms with van der Waals surface area (Å²) < 4.78 is 13.1. The van der Waals surface area contributed by atoms with Gasteiger partial charge in [-0.1, -0.05) is 19.0 Å². The normalized spacial score (nSPS) is 12.4. The highest BCUT2D eigenvalue weighted by Gasteiger charge is 2.10. The molecule has 0 amide bonds. The number of nitrogens with zero attached hydrogens (tertiary/aromatic N) is 3. The van der Waals surface area contributed by atoms with Crippen LogP contribution in [0.4, 0.5) is 4.39 Å². The highest BCUT2D eigenvalue weighted by Crippen LogP contribution is 2.08. The van der Waals surface area contributed by atoms with E-state index in [2.05, 4.69) is 28.9 Å². The zero-order valence-electron chi connectivity index (χ0n) is 11.4. The third kappa shape index (κ3) is 6.15. The smallest absolute Gasteiger partial charge is 0.141 e. The number of aromatic nitrogens is 1. The summed E-state index contributed by atoms with van der Waals surface area (Å²) in [7, 11) is 0. The lowest BCUT2D eigenvalue weighted by Gasteiger charge is -2.24. The lowest BCUT2D eigenvalue weighted by Crippen LogP contribution is -2.31. The molecule has 1 heterocycles. The molecule has 0 spiro atoms. The summed E-state index contributed by atoms with van der Waals surface area (Å²) in [5, 5.41) is 11.5. The molecule has 0 aromatic carbocycles. The molecule has 19 heavy (non-hydrogen) atoms. The second-order valence-electron chi connectivity index (χ2n) is 4.98. The Morgan fingerprint density at radius 3 is 2.84 bits per heavy atom. The zero-order valence-corrected chi connectivity index (χ0v) is 11.4. The Balaban J connectivity index is 2.63. The van der Waals surface area contributed by atoms with E-state index in [4.69, 9.17) is 10.9 Å². The number of halogens is 1. The van der Waals surface area contributed by atoms with Crippen LogP contribution in [-0.2, 0) is 6.54 Å². The van der Waals surface area contributed by atoms with Crippen molar-refractivity contribution in [2.45, 2.75) is 26.8 Å². The first-order valence-electron chi connectivity index (χ1n) is 6.29. The van der Waals surface area contributed by atoms with Crippen molar-refractivity contribution in [2.24, 2.45) is 16.8 Å². The summed E-state index contributed by atoms with van der Waals surface area (Å²) in [6, 6.07) is 1.48. The number of rotatable bonds is 7. The van der Waals surface area contributed by atoms with Crippen LogP contribution < -0.4 is 5.73 Å². The van der Waals surface area contributed by atoms with Gasteiger partial charge in [0.05, 0.1) is 6.20 Å². The van der Waals surface area contributed by atoms with Crippen LogP contribution in [0.5, 0.6) is 0 Å². The minimum atomic E-state index is -0.335. The fourth-order valence-corrected chi connectivity index (χ4v) is 1.87. The SMILES string of the molecule is CC(C)CN(CC/C(N)=N/O)Cc1cncc(F)c1. The molecule has 0 aliphatic rings. The first-order valence-corrected chi connectivity index (χ1v) is 6.29. The summed E-state index contributed by atoms with van der Waals surface area (Å²) >= 11 is 0. The van der Waals surface area contributed by atoms with Crippen LogP contribution in [0.1, 0.15) is 25.8 Å². The second-order valence-corrected chi connectivity index (χ2v) is 4.98. The molecule has 0 aliphatic heterocycles. The number of pyridine rings is 1. The van der Waals surface area contributed by atoms with Crippen LogP contribution in [0.25, 0.3) is 0 Å². The van der Waals surface area contributed by atoms with Crippen LogP contribution in [0.3, 0.4) is 0 Å². The molecule has 0 saturated heterocycles. The molecule has 0 atom stereocenters. The average Bonchev–Trinajstić information content (AvgIpc) is 2.35. The molecule has 1 aromatic heterocycles. The van der Waals surface area contributed by atoms with E-state index < -0.39 is 0 Å². The van der Waals surface area contributed by atoms with Crippen molar-refractivity contribution < 1.29 is 9.60 Å². The fraction of sp³-hybridized carbons (Fsp3) is 0.538. The zero-order chi connectivity index (χ0) is 14.3. The van der Waals surface area contributed by atoms with E-state index >= 15 is 0 Å². The van der Waals surface area contributed by atoms with Crippen LogP contribution in [-0.4, -0.2) is 34.0 Å². The topological polar surface area (TPSA) is 74.7 Å². The third-order valence-electron chi connectivity index (χ3n) is 2.60. The summed E-state index contributed by atoms with van der Waals surface area (Å²) in [5.74, 6) is 0.346. The molecule has 3 N–H and O–H groups in total. The van der Waals surface area contributed by atoms with Gasteiger partial charge in [-0.3, -0.25) is 9.88 Å². The van der Waals surface area contributed by atoms with Crippen molar-refractivity contribution in [3.05, 3.63) is 29.8 Å². The Labute approximate surface area is 112 Å². The Morgan fingerprint density at radius 2 is 2.26 bits per heavy atom. The van der Waals surface area contributed by atoms with E-state index in [1.807, 2.05) is 0 Å². The van der Waals surface area contributed by atoms with E-state index in [9.17, 15) is 4.39 Å². The Morgan fingerprint density at radius 1 is 1.53 bits per heavy atom. The van der Waals surface area contributed by atoms with Crippen molar-refractivity contribution in [2.75, 3.05) is 13.1 Å². The summed E-state index contributed by atoms with van der Waals surface area (Å²) in [5.41, 5.74) is 6.29.